The van der Waals surface area contributed by atoms with Crippen molar-refractivity contribution in [1.82, 2.24) is 10.1 Å². The van der Waals surface area contributed by atoms with Crippen molar-refractivity contribution >= 4 is 39.9 Å². The summed E-state index contributed by atoms with van der Waals surface area (Å²) < 4.78 is 6.36. The zero-order chi connectivity index (χ0) is 16.7. The van der Waals surface area contributed by atoms with Crippen LogP contribution >= 0.6 is 28.3 Å². The van der Waals surface area contributed by atoms with Gasteiger partial charge in [-0.15, -0.1) is 12.4 Å². The Kier molecular flexibility index (Phi) is 5.18. The van der Waals surface area contributed by atoms with E-state index in [4.69, 9.17) is 10.3 Å². The van der Waals surface area contributed by atoms with Crippen molar-refractivity contribution in [1.29, 1.82) is 0 Å². The van der Waals surface area contributed by atoms with E-state index in [0.29, 0.717) is 24.7 Å². The molecule has 1 aliphatic heterocycles. The van der Waals surface area contributed by atoms with Crippen molar-refractivity contribution in [3.05, 3.63) is 40.5 Å². The Labute approximate surface area is 160 Å². The standard InChI is InChI=1S/C17H19BrN4O2.ClH/c18-12-5-1-2-6-13(12)22-10-11(9-14(22)23)15-20-16(21-24-15)17(19)7-3-4-8-17;/h1-2,5-6,11H,3-4,7-10,19H2;1H. The summed E-state index contributed by atoms with van der Waals surface area (Å²) in [5, 5.41) is 4.10. The van der Waals surface area contributed by atoms with Gasteiger partial charge in [-0.1, -0.05) is 30.1 Å². The number of para-hydroxylation sites is 1. The van der Waals surface area contributed by atoms with E-state index in [0.717, 1.165) is 35.8 Å². The molecule has 8 heteroatoms. The van der Waals surface area contributed by atoms with E-state index in [-0.39, 0.29) is 24.2 Å². The predicted octanol–water partition coefficient (Wildman–Crippen LogP) is 3.50. The van der Waals surface area contributed by atoms with Crippen LogP contribution in [0.2, 0.25) is 0 Å². The van der Waals surface area contributed by atoms with Crippen LogP contribution in [0.3, 0.4) is 0 Å². The molecule has 1 aliphatic carbocycles. The molecular formula is C17H20BrClN4O2. The fourth-order valence-corrected chi connectivity index (χ4v) is 4.11. The zero-order valence-electron chi connectivity index (χ0n) is 13.7. The van der Waals surface area contributed by atoms with Gasteiger partial charge in [-0.25, -0.2) is 0 Å². The molecule has 0 bridgehead atoms. The summed E-state index contributed by atoms with van der Waals surface area (Å²) in [6, 6.07) is 7.71. The van der Waals surface area contributed by atoms with Crippen molar-refractivity contribution in [3.8, 4) is 0 Å². The third kappa shape index (κ3) is 3.32. The van der Waals surface area contributed by atoms with Crippen LogP contribution in [0.25, 0.3) is 0 Å². The maximum Gasteiger partial charge on any atom is 0.232 e. The van der Waals surface area contributed by atoms with Crippen molar-refractivity contribution in [2.75, 3.05) is 11.4 Å². The minimum Gasteiger partial charge on any atom is -0.339 e. The smallest absolute Gasteiger partial charge is 0.232 e. The van der Waals surface area contributed by atoms with Crippen LogP contribution in [0.15, 0.2) is 33.3 Å². The molecule has 0 radical (unpaired) electrons. The number of amides is 1. The molecule has 1 saturated carbocycles. The average Bonchev–Trinajstić information content (AvgIpc) is 3.28. The molecule has 1 saturated heterocycles. The van der Waals surface area contributed by atoms with E-state index in [1.165, 1.54) is 0 Å². The van der Waals surface area contributed by atoms with Gasteiger partial charge in [-0.05, 0) is 40.9 Å². The molecule has 0 spiro atoms. The molecule has 134 valence electrons. The van der Waals surface area contributed by atoms with E-state index >= 15 is 0 Å². The highest BCUT2D eigenvalue weighted by molar-refractivity contribution is 9.10. The number of halogens is 2. The average molecular weight is 428 g/mol. The van der Waals surface area contributed by atoms with Crippen LogP contribution in [0.4, 0.5) is 5.69 Å². The number of carbonyl (C=O) groups excluding carboxylic acids is 1. The first-order chi connectivity index (χ1) is 11.6. The van der Waals surface area contributed by atoms with Gasteiger partial charge in [0, 0.05) is 17.4 Å². The summed E-state index contributed by atoms with van der Waals surface area (Å²) in [4.78, 5) is 18.7. The number of carbonyl (C=O) groups is 1. The van der Waals surface area contributed by atoms with E-state index < -0.39 is 5.54 Å². The first kappa shape index (κ1) is 18.4. The quantitative estimate of drug-likeness (QED) is 0.810. The highest BCUT2D eigenvalue weighted by atomic mass is 79.9. The summed E-state index contributed by atoms with van der Waals surface area (Å²) >= 11 is 3.50. The summed E-state index contributed by atoms with van der Waals surface area (Å²) in [5.41, 5.74) is 6.79. The lowest BCUT2D eigenvalue weighted by atomic mass is 9.98. The Bertz CT molecular complexity index is 776. The highest BCUT2D eigenvalue weighted by Crippen LogP contribution is 2.37. The number of nitrogens with two attached hydrogens (primary N) is 1. The Balaban J connectivity index is 0.00000182. The predicted molar refractivity (Wildman–Crippen MR) is 99.7 cm³/mol. The van der Waals surface area contributed by atoms with Crippen LogP contribution in [0.1, 0.15) is 49.7 Å². The van der Waals surface area contributed by atoms with Crippen molar-refractivity contribution < 1.29 is 9.32 Å². The molecule has 6 nitrogen and oxygen atoms in total. The fraction of sp³-hybridized carbons (Fsp3) is 0.471. The minimum atomic E-state index is -0.466. The van der Waals surface area contributed by atoms with Crippen molar-refractivity contribution in [2.24, 2.45) is 5.73 Å². The first-order valence-corrected chi connectivity index (χ1v) is 9.04. The Morgan fingerprint density at radius 2 is 2.00 bits per heavy atom. The third-order valence-electron chi connectivity index (χ3n) is 5.00. The topological polar surface area (TPSA) is 85.2 Å². The second-order valence-electron chi connectivity index (χ2n) is 6.68. The number of hydrogen-bond acceptors (Lipinski definition) is 5. The van der Waals surface area contributed by atoms with E-state index in [2.05, 4.69) is 26.1 Å². The number of nitrogens with zero attached hydrogens (tertiary/aromatic N) is 3. The molecule has 2 heterocycles. The van der Waals surface area contributed by atoms with E-state index in [9.17, 15) is 4.79 Å². The summed E-state index contributed by atoms with van der Waals surface area (Å²) in [6.45, 7) is 0.542. The van der Waals surface area contributed by atoms with Gasteiger partial charge in [0.2, 0.25) is 11.8 Å². The van der Waals surface area contributed by atoms with Crippen molar-refractivity contribution in [3.63, 3.8) is 0 Å². The normalized spacial score (nSPS) is 22.2. The van der Waals surface area contributed by atoms with Gasteiger partial charge in [0.05, 0.1) is 17.1 Å². The maximum absolute atomic E-state index is 12.4. The minimum absolute atomic E-state index is 0. The first-order valence-electron chi connectivity index (χ1n) is 8.25. The lowest BCUT2D eigenvalue weighted by Gasteiger charge is -2.18. The zero-order valence-corrected chi connectivity index (χ0v) is 16.1. The van der Waals surface area contributed by atoms with Crippen LogP contribution < -0.4 is 10.6 Å². The highest BCUT2D eigenvalue weighted by Gasteiger charge is 2.39. The van der Waals surface area contributed by atoms with Gasteiger partial charge in [-0.2, -0.15) is 4.98 Å². The molecule has 1 aromatic heterocycles. The molecule has 1 amide bonds. The number of benzene rings is 1. The molecule has 4 rings (SSSR count). The number of anilines is 1. The lowest BCUT2D eigenvalue weighted by Crippen LogP contribution is -2.34. The Morgan fingerprint density at radius 3 is 2.72 bits per heavy atom. The number of hydrogen-bond donors (Lipinski definition) is 1. The van der Waals surface area contributed by atoms with E-state index in [1.54, 1.807) is 4.90 Å². The largest absolute Gasteiger partial charge is 0.339 e. The van der Waals surface area contributed by atoms with Crippen molar-refractivity contribution in [2.45, 2.75) is 43.6 Å². The summed E-state index contributed by atoms with van der Waals surface area (Å²) in [5.74, 6) is 1.08. The van der Waals surface area contributed by atoms with Gasteiger partial charge in [0.1, 0.15) is 0 Å². The number of rotatable bonds is 3. The van der Waals surface area contributed by atoms with Gasteiger partial charge in [0.25, 0.3) is 0 Å². The van der Waals surface area contributed by atoms with Gasteiger partial charge >= 0.3 is 0 Å². The molecule has 1 unspecified atom stereocenters. The molecule has 1 aromatic carbocycles. The lowest BCUT2D eigenvalue weighted by molar-refractivity contribution is -0.117. The molecule has 2 N–H and O–H groups in total. The second-order valence-corrected chi connectivity index (χ2v) is 7.53. The molecule has 2 aliphatic rings. The molecule has 1 atom stereocenters. The number of aromatic nitrogens is 2. The maximum atomic E-state index is 12.4. The molecule has 2 aromatic rings. The SMILES string of the molecule is Cl.NC1(c2noc(C3CC(=O)N(c4ccccc4Br)C3)n2)CCCC1. The van der Waals surface area contributed by atoms with Crippen LogP contribution in [-0.2, 0) is 10.3 Å². The third-order valence-corrected chi connectivity index (χ3v) is 5.67. The molecular weight excluding hydrogens is 408 g/mol. The van der Waals surface area contributed by atoms with Crippen LogP contribution in [0, 0.1) is 0 Å². The van der Waals surface area contributed by atoms with Crippen LogP contribution in [0.5, 0.6) is 0 Å². The van der Waals surface area contributed by atoms with Gasteiger partial charge < -0.3 is 15.2 Å². The Hall–Kier alpha value is -1.44. The van der Waals surface area contributed by atoms with Crippen LogP contribution in [-0.4, -0.2) is 22.6 Å². The fourth-order valence-electron chi connectivity index (χ4n) is 3.61. The molecule has 2 fully saturated rings. The second kappa shape index (κ2) is 7.05. The van der Waals surface area contributed by atoms with E-state index in [1.807, 2.05) is 24.3 Å². The molecule has 25 heavy (non-hydrogen) atoms. The summed E-state index contributed by atoms with van der Waals surface area (Å²) in [7, 11) is 0. The Morgan fingerprint density at radius 1 is 1.28 bits per heavy atom. The van der Waals surface area contributed by atoms with Gasteiger partial charge in [0.15, 0.2) is 5.82 Å². The monoisotopic (exact) mass is 426 g/mol. The summed E-state index contributed by atoms with van der Waals surface area (Å²) in [6.07, 6.45) is 4.34. The van der Waals surface area contributed by atoms with Gasteiger partial charge in [-0.3, -0.25) is 4.79 Å².